The van der Waals surface area contributed by atoms with Crippen LogP contribution in [0, 0.1) is 0 Å². The van der Waals surface area contributed by atoms with Crippen LogP contribution in [0.2, 0.25) is 10.0 Å². The Bertz CT molecular complexity index is 1050. The molecule has 0 atom stereocenters. The Morgan fingerprint density at radius 2 is 1.52 bits per heavy atom. The van der Waals surface area contributed by atoms with E-state index in [1.54, 1.807) is 24.3 Å². The van der Waals surface area contributed by atoms with Crippen molar-refractivity contribution in [1.29, 1.82) is 0 Å². The summed E-state index contributed by atoms with van der Waals surface area (Å²) in [6, 6.07) is 19.9. The molecule has 3 aromatic rings. The quantitative estimate of drug-likeness (QED) is 0.376. The van der Waals surface area contributed by atoms with E-state index < -0.39 is 0 Å². The zero-order valence-electron chi connectivity index (χ0n) is 15.9. The summed E-state index contributed by atoms with van der Waals surface area (Å²) >= 11 is 12.5. The van der Waals surface area contributed by atoms with Crippen molar-refractivity contribution < 1.29 is 14.3 Å². The lowest BCUT2D eigenvalue weighted by Crippen LogP contribution is -2.14. The molecule has 0 spiro atoms. The largest absolute Gasteiger partial charge is 0.495 e. The van der Waals surface area contributed by atoms with Crippen LogP contribution in [0.4, 0.5) is 5.69 Å². The molecule has 0 unspecified atom stereocenters. The maximum Gasteiger partial charge on any atom is 0.256 e. The van der Waals surface area contributed by atoms with Crippen molar-refractivity contribution in [3.05, 3.63) is 87.9 Å². The number of amides is 1. The topological polar surface area (TPSA) is 47.6 Å². The van der Waals surface area contributed by atoms with Gasteiger partial charge in [-0.1, -0.05) is 71.7 Å². The lowest BCUT2D eigenvalue weighted by Gasteiger charge is -2.15. The Balaban J connectivity index is 2.04. The second-order valence-corrected chi connectivity index (χ2v) is 6.90. The van der Waals surface area contributed by atoms with Gasteiger partial charge in [0.1, 0.15) is 11.5 Å². The van der Waals surface area contributed by atoms with Crippen LogP contribution in [0.25, 0.3) is 11.6 Å². The molecule has 0 aromatic heterocycles. The van der Waals surface area contributed by atoms with E-state index in [0.29, 0.717) is 32.8 Å². The molecule has 0 bridgehead atoms. The van der Waals surface area contributed by atoms with E-state index >= 15 is 0 Å². The van der Waals surface area contributed by atoms with Crippen molar-refractivity contribution >= 4 is 46.4 Å². The highest BCUT2D eigenvalue weighted by molar-refractivity contribution is 6.34. The van der Waals surface area contributed by atoms with Crippen molar-refractivity contribution in [2.24, 2.45) is 0 Å². The van der Waals surface area contributed by atoms with Crippen molar-refractivity contribution in [3.8, 4) is 11.5 Å². The van der Waals surface area contributed by atoms with Crippen LogP contribution in [0.15, 0.2) is 66.7 Å². The molecular weight excluding hydrogens is 409 g/mol. The van der Waals surface area contributed by atoms with E-state index in [-0.39, 0.29) is 5.91 Å². The highest BCUT2D eigenvalue weighted by Gasteiger charge is 2.17. The first-order chi connectivity index (χ1) is 14.0. The van der Waals surface area contributed by atoms with Gasteiger partial charge in [-0.05, 0) is 23.3 Å². The molecule has 4 nitrogen and oxygen atoms in total. The molecule has 3 aromatic carbocycles. The van der Waals surface area contributed by atoms with Crippen LogP contribution in [0.3, 0.4) is 0 Å². The summed E-state index contributed by atoms with van der Waals surface area (Å²) in [5.41, 5.74) is 2.39. The lowest BCUT2D eigenvalue weighted by molar-refractivity contribution is -0.111. The van der Waals surface area contributed by atoms with Gasteiger partial charge in [-0.25, -0.2) is 0 Å². The Morgan fingerprint density at radius 1 is 0.862 bits per heavy atom. The van der Waals surface area contributed by atoms with E-state index in [9.17, 15) is 4.79 Å². The SMILES string of the molecule is COc1cc(NC(=O)/C(=C/c2ccccc2Cl)c2ccccc2)c(OC)cc1Cl. The van der Waals surface area contributed by atoms with Gasteiger partial charge in [-0.2, -0.15) is 0 Å². The molecule has 0 saturated heterocycles. The Morgan fingerprint density at radius 3 is 2.17 bits per heavy atom. The number of anilines is 1. The third-order valence-electron chi connectivity index (χ3n) is 4.26. The molecule has 29 heavy (non-hydrogen) atoms. The van der Waals surface area contributed by atoms with Crippen LogP contribution in [0.1, 0.15) is 11.1 Å². The fraction of sp³-hybridized carbons (Fsp3) is 0.0870. The predicted octanol–water partition coefficient (Wildman–Crippen LogP) is 6.19. The molecule has 0 fully saturated rings. The summed E-state index contributed by atoms with van der Waals surface area (Å²) in [6.45, 7) is 0. The molecular formula is C23H19Cl2NO3. The molecule has 0 radical (unpaired) electrons. The molecule has 1 amide bonds. The summed E-state index contributed by atoms with van der Waals surface area (Å²) in [7, 11) is 3.01. The Hall–Kier alpha value is -2.95. The highest BCUT2D eigenvalue weighted by Crippen LogP contribution is 2.36. The smallest absolute Gasteiger partial charge is 0.256 e. The van der Waals surface area contributed by atoms with Crippen molar-refractivity contribution in [2.45, 2.75) is 0 Å². The summed E-state index contributed by atoms with van der Waals surface area (Å²) in [4.78, 5) is 13.2. The first kappa shape index (κ1) is 20.8. The zero-order chi connectivity index (χ0) is 20.8. The number of hydrogen-bond donors (Lipinski definition) is 1. The third kappa shape index (κ3) is 4.91. The van der Waals surface area contributed by atoms with Gasteiger partial charge in [0.25, 0.3) is 5.91 Å². The minimum absolute atomic E-state index is 0.321. The average molecular weight is 428 g/mol. The Kier molecular flexibility index (Phi) is 6.81. The van der Waals surface area contributed by atoms with Crippen molar-refractivity contribution in [3.63, 3.8) is 0 Å². The fourth-order valence-electron chi connectivity index (χ4n) is 2.79. The van der Waals surface area contributed by atoms with Gasteiger partial charge < -0.3 is 14.8 Å². The number of rotatable bonds is 6. The summed E-state index contributed by atoms with van der Waals surface area (Å²) in [6.07, 6.45) is 1.76. The fourth-order valence-corrected chi connectivity index (χ4v) is 3.21. The number of ether oxygens (including phenoxy) is 2. The molecule has 6 heteroatoms. The molecule has 0 saturated carbocycles. The van der Waals surface area contributed by atoms with Gasteiger partial charge >= 0.3 is 0 Å². The van der Waals surface area contributed by atoms with Crippen LogP contribution < -0.4 is 14.8 Å². The first-order valence-corrected chi connectivity index (χ1v) is 9.53. The molecule has 0 heterocycles. The monoisotopic (exact) mass is 427 g/mol. The third-order valence-corrected chi connectivity index (χ3v) is 4.90. The second-order valence-electron chi connectivity index (χ2n) is 6.09. The molecule has 0 aliphatic rings. The molecule has 1 N–H and O–H groups in total. The van der Waals surface area contributed by atoms with Gasteiger partial charge in [0.15, 0.2) is 0 Å². The van der Waals surface area contributed by atoms with Gasteiger partial charge in [-0.3, -0.25) is 4.79 Å². The minimum Gasteiger partial charge on any atom is -0.495 e. The van der Waals surface area contributed by atoms with Crippen molar-refractivity contribution in [1.82, 2.24) is 0 Å². The first-order valence-electron chi connectivity index (χ1n) is 8.78. The van der Waals surface area contributed by atoms with E-state index in [4.69, 9.17) is 32.7 Å². The van der Waals surface area contributed by atoms with E-state index in [1.165, 1.54) is 14.2 Å². The van der Waals surface area contributed by atoms with Gasteiger partial charge in [-0.15, -0.1) is 0 Å². The van der Waals surface area contributed by atoms with Crippen LogP contribution in [-0.4, -0.2) is 20.1 Å². The Labute approximate surface area is 179 Å². The van der Waals surface area contributed by atoms with Crippen LogP contribution in [-0.2, 0) is 4.79 Å². The minimum atomic E-state index is -0.321. The van der Waals surface area contributed by atoms with Gasteiger partial charge in [0.2, 0.25) is 0 Å². The number of halogens is 2. The van der Waals surface area contributed by atoms with Crippen LogP contribution >= 0.6 is 23.2 Å². The number of carbonyl (C=O) groups is 1. The molecule has 148 valence electrons. The van der Waals surface area contributed by atoms with Crippen LogP contribution in [0.5, 0.6) is 11.5 Å². The molecule has 0 aliphatic heterocycles. The van der Waals surface area contributed by atoms with E-state index in [2.05, 4.69) is 5.32 Å². The van der Waals surface area contributed by atoms with Gasteiger partial charge in [0, 0.05) is 22.7 Å². The van der Waals surface area contributed by atoms with Crippen molar-refractivity contribution in [2.75, 3.05) is 19.5 Å². The summed E-state index contributed by atoms with van der Waals surface area (Å²) < 4.78 is 10.6. The summed E-state index contributed by atoms with van der Waals surface area (Å²) in [5.74, 6) is 0.534. The normalized spacial score (nSPS) is 11.1. The average Bonchev–Trinajstić information content (AvgIpc) is 2.74. The lowest BCUT2D eigenvalue weighted by atomic mass is 10.0. The molecule has 3 rings (SSSR count). The van der Waals surface area contributed by atoms with E-state index in [1.807, 2.05) is 48.5 Å². The number of hydrogen-bond acceptors (Lipinski definition) is 3. The number of methoxy groups -OCH3 is 2. The summed E-state index contributed by atoms with van der Waals surface area (Å²) in [5, 5.41) is 3.83. The maximum absolute atomic E-state index is 13.2. The number of benzene rings is 3. The maximum atomic E-state index is 13.2. The van der Waals surface area contributed by atoms with E-state index in [0.717, 1.165) is 11.1 Å². The molecule has 0 aliphatic carbocycles. The predicted molar refractivity (Wildman–Crippen MR) is 119 cm³/mol. The second kappa shape index (κ2) is 9.50. The number of nitrogens with one attached hydrogen (secondary N) is 1. The number of carbonyl (C=O) groups excluding carboxylic acids is 1. The standard InChI is InChI=1S/C23H19Cl2NO3/c1-28-21-14-20(22(29-2)13-19(21)25)26-23(27)17(15-8-4-3-5-9-15)12-16-10-6-7-11-18(16)24/h3-14H,1-2H3,(H,26,27)/b17-12+. The van der Waals surface area contributed by atoms with Gasteiger partial charge in [0.05, 0.1) is 24.9 Å². The highest BCUT2D eigenvalue weighted by atomic mass is 35.5. The zero-order valence-corrected chi connectivity index (χ0v) is 17.4.